The number of aryl methyl sites for hydroxylation is 1. The summed E-state index contributed by atoms with van der Waals surface area (Å²) in [5.74, 6) is 0. The van der Waals surface area contributed by atoms with Gasteiger partial charge in [-0.2, -0.15) is 0 Å². The summed E-state index contributed by atoms with van der Waals surface area (Å²) in [6.45, 7) is 0.857. The quantitative estimate of drug-likeness (QED) is 0.710. The highest BCUT2D eigenvalue weighted by Gasteiger charge is 2.13. The summed E-state index contributed by atoms with van der Waals surface area (Å²) < 4.78 is 1.94. The van der Waals surface area contributed by atoms with Gasteiger partial charge in [0.2, 0.25) is 0 Å². The second-order valence-electron chi connectivity index (χ2n) is 4.89. The third-order valence-electron chi connectivity index (χ3n) is 3.36. The van der Waals surface area contributed by atoms with Crippen LogP contribution in [0.3, 0.4) is 0 Å². The third kappa shape index (κ3) is 3.50. The van der Waals surface area contributed by atoms with Crippen LogP contribution in [0.4, 0.5) is 11.4 Å². The van der Waals surface area contributed by atoms with Crippen LogP contribution in [0.2, 0.25) is 5.02 Å². The number of nitrogens with two attached hydrogens (primary N) is 1. The lowest BCUT2D eigenvalue weighted by atomic mass is 10.1. The number of nitrogens with zero attached hydrogens (tertiary/aromatic N) is 2. The summed E-state index contributed by atoms with van der Waals surface area (Å²) >= 11 is 6.24. The maximum atomic E-state index is 9.15. The van der Waals surface area contributed by atoms with Gasteiger partial charge in [-0.15, -0.1) is 0 Å². The molecule has 1 aromatic carbocycles. The molecule has 0 fully saturated rings. The third-order valence-corrected chi connectivity index (χ3v) is 3.67. The number of aliphatic hydroxyl groups is 2. The zero-order chi connectivity index (χ0) is 15.4. The number of halogens is 1. The Kier molecular flexibility index (Phi) is 5.12. The minimum Gasteiger partial charge on any atom is -0.397 e. The summed E-state index contributed by atoms with van der Waals surface area (Å²) in [4.78, 5) is 1.87. The van der Waals surface area contributed by atoms with Crippen molar-refractivity contribution >= 4 is 23.0 Å². The summed E-state index contributed by atoms with van der Waals surface area (Å²) in [6.07, 6.45) is 3.91. The summed E-state index contributed by atoms with van der Waals surface area (Å²) in [6, 6.07) is 5.66. The molecule has 1 aromatic heterocycles. The first-order chi connectivity index (χ1) is 10.1. The molecule has 6 heteroatoms. The molecule has 0 amide bonds. The fourth-order valence-electron chi connectivity index (χ4n) is 2.30. The standard InChI is InChI=1S/C15H20ClN3O2/c1-18-3-2-11(10-18)13-8-12(9-14(16)15(13)17)19(4-6-20)5-7-21/h2-3,8-10,20-21H,4-7,17H2,1H3. The Morgan fingerprint density at radius 1 is 1.24 bits per heavy atom. The van der Waals surface area contributed by atoms with Crippen molar-refractivity contribution in [1.82, 2.24) is 4.57 Å². The molecule has 114 valence electrons. The molecule has 0 bridgehead atoms. The van der Waals surface area contributed by atoms with Gasteiger partial charge >= 0.3 is 0 Å². The smallest absolute Gasteiger partial charge is 0.0662 e. The van der Waals surface area contributed by atoms with E-state index in [0.29, 0.717) is 23.8 Å². The number of aromatic nitrogens is 1. The van der Waals surface area contributed by atoms with E-state index >= 15 is 0 Å². The summed E-state index contributed by atoms with van der Waals surface area (Å²) in [7, 11) is 1.94. The van der Waals surface area contributed by atoms with Gasteiger partial charge in [-0.1, -0.05) is 11.6 Å². The van der Waals surface area contributed by atoms with Gasteiger partial charge in [0.15, 0.2) is 0 Å². The number of rotatable bonds is 6. The van der Waals surface area contributed by atoms with Gasteiger partial charge in [0, 0.05) is 49.3 Å². The molecule has 0 aliphatic rings. The molecule has 2 aromatic rings. The number of hydrogen-bond acceptors (Lipinski definition) is 4. The summed E-state index contributed by atoms with van der Waals surface area (Å²) in [5, 5.41) is 18.8. The highest BCUT2D eigenvalue weighted by molar-refractivity contribution is 6.34. The number of aliphatic hydroxyl groups excluding tert-OH is 2. The number of hydrogen-bond donors (Lipinski definition) is 3. The number of anilines is 2. The van der Waals surface area contributed by atoms with E-state index in [1.54, 1.807) is 6.07 Å². The van der Waals surface area contributed by atoms with Crippen LogP contribution in [-0.4, -0.2) is 41.1 Å². The molecule has 0 aliphatic heterocycles. The van der Waals surface area contributed by atoms with E-state index in [1.165, 1.54) is 0 Å². The molecule has 4 N–H and O–H groups in total. The van der Waals surface area contributed by atoms with E-state index < -0.39 is 0 Å². The van der Waals surface area contributed by atoms with E-state index in [9.17, 15) is 0 Å². The Labute approximate surface area is 129 Å². The highest BCUT2D eigenvalue weighted by Crippen LogP contribution is 2.36. The van der Waals surface area contributed by atoms with Crippen LogP contribution in [-0.2, 0) is 7.05 Å². The number of benzene rings is 1. The minimum atomic E-state index is 0.00264. The fraction of sp³-hybridized carbons (Fsp3) is 0.333. The predicted octanol–water partition coefficient (Wildman–Crippen LogP) is 1.72. The first-order valence-corrected chi connectivity index (χ1v) is 7.12. The molecule has 5 nitrogen and oxygen atoms in total. The van der Waals surface area contributed by atoms with Gasteiger partial charge in [-0.3, -0.25) is 0 Å². The van der Waals surface area contributed by atoms with Crippen LogP contribution in [0.5, 0.6) is 0 Å². The molecule has 1 heterocycles. The van der Waals surface area contributed by atoms with Crippen molar-refractivity contribution in [1.29, 1.82) is 0 Å². The van der Waals surface area contributed by atoms with Crippen LogP contribution in [0, 0.1) is 0 Å². The van der Waals surface area contributed by atoms with Crippen molar-refractivity contribution in [3.63, 3.8) is 0 Å². The Morgan fingerprint density at radius 2 is 1.90 bits per heavy atom. The van der Waals surface area contributed by atoms with Crippen molar-refractivity contribution in [3.05, 3.63) is 35.6 Å². The van der Waals surface area contributed by atoms with E-state index in [-0.39, 0.29) is 13.2 Å². The predicted molar refractivity (Wildman–Crippen MR) is 86.7 cm³/mol. The lowest BCUT2D eigenvalue weighted by Gasteiger charge is -2.24. The van der Waals surface area contributed by atoms with Crippen LogP contribution >= 0.6 is 11.6 Å². The van der Waals surface area contributed by atoms with Crippen molar-refractivity contribution in [2.45, 2.75) is 0 Å². The average Bonchev–Trinajstić information content (AvgIpc) is 2.88. The molecule has 0 radical (unpaired) electrons. The Balaban J connectivity index is 2.46. The van der Waals surface area contributed by atoms with E-state index in [2.05, 4.69) is 0 Å². The van der Waals surface area contributed by atoms with Crippen molar-refractivity contribution in [3.8, 4) is 11.1 Å². The second-order valence-corrected chi connectivity index (χ2v) is 5.30. The largest absolute Gasteiger partial charge is 0.397 e. The van der Waals surface area contributed by atoms with Crippen molar-refractivity contribution in [2.24, 2.45) is 7.05 Å². The van der Waals surface area contributed by atoms with Gasteiger partial charge in [-0.05, 0) is 18.2 Å². The molecule has 2 rings (SSSR count). The fourth-order valence-corrected chi connectivity index (χ4v) is 2.51. The molecule has 0 spiro atoms. The van der Waals surface area contributed by atoms with Crippen LogP contribution in [0.25, 0.3) is 11.1 Å². The molecular formula is C15H20ClN3O2. The van der Waals surface area contributed by atoms with E-state index in [0.717, 1.165) is 16.8 Å². The average molecular weight is 310 g/mol. The van der Waals surface area contributed by atoms with Crippen LogP contribution < -0.4 is 10.6 Å². The Hall–Kier alpha value is -1.69. The lowest BCUT2D eigenvalue weighted by Crippen LogP contribution is -2.29. The molecule has 0 saturated carbocycles. The molecule has 21 heavy (non-hydrogen) atoms. The first kappa shape index (κ1) is 15.7. The maximum Gasteiger partial charge on any atom is 0.0662 e. The topological polar surface area (TPSA) is 74.6 Å². The Bertz CT molecular complexity index is 607. The van der Waals surface area contributed by atoms with Crippen molar-refractivity contribution in [2.75, 3.05) is 36.9 Å². The monoisotopic (exact) mass is 309 g/mol. The molecule has 0 atom stereocenters. The van der Waals surface area contributed by atoms with Crippen LogP contribution in [0.15, 0.2) is 30.6 Å². The maximum absolute atomic E-state index is 9.15. The SMILES string of the molecule is Cn1ccc(-c2cc(N(CCO)CCO)cc(Cl)c2N)c1. The molecule has 0 unspecified atom stereocenters. The molecule has 0 aliphatic carbocycles. The zero-order valence-electron chi connectivity index (χ0n) is 12.0. The van der Waals surface area contributed by atoms with Gasteiger partial charge in [0.1, 0.15) is 0 Å². The van der Waals surface area contributed by atoms with Gasteiger partial charge in [0.05, 0.1) is 23.9 Å². The van der Waals surface area contributed by atoms with Crippen LogP contribution in [0.1, 0.15) is 0 Å². The van der Waals surface area contributed by atoms with E-state index in [1.807, 2.05) is 41.0 Å². The van der Waals surface area contributed by atoms with E-state index in [4.69, 9.17) is 27.5 Å². The lowest BCUT2D eigenvalue weighted by molar-refractivity contribution is 0.281. The highest BCUT2D eigenvalue weighted by atomic mass is 35.5. The van der Waals surface area contributed by atoms with Crippen molar-refractivity contribution < 1.29 is 10.2 Å². The minimum absolute atomic E-state index is 0.00264. The summed E-state index contributed by atoms with van der Waals surface area (Å²) in [5.41, 5.74) is 9.26. The normalized spacial score (nSPS) is 10.9. The first-order valence-electron chi connectivity index (χ1n) is 6.75. The number of nitrogen functional groups attached to an aromatic ring is 1. The Morgan fingerprint density at radius 3 is 2.43 bits per heavy atom. The molecular weight excluding hydrogens is 290 g/mol. The van der Waals surface area contributed by atoms with Gasteiger partial charge < -0.3 is 25.4 Å². The molecule has 0 saturated heterocycles. The van der Waals surface area contributed by atoms with Gasteiger partial charge in [-0.25, -0.2) is 0 Å². The zero-order valence-corrected chi connectivity index (χ0v) is 12.7. The van der Waals surface area contributed by atoms with Gasteiger partial charge in [0.25, 0.3) is 0 Å². The second kappa shape index (κ2) is 6.85.